The molecule has 5 rings (SSSR count). The van der Waals surface area contributed by atoms with E-state index in [0.29, 0.717) is 5.92 Å². The van der Waals surface area contributed by atoms with Gasteiger partial charge in [0.15, 0.2) is 11.6 Å². The number of aromatic hydroxyl groups is 1. The average Bonchev–Trinajstić information content (AvgIpc) is 2.39. The number of halogens is 1. The molecular formula is C19H25FO. The van der Waals surface area contributed by atoms with Crippen LogP contribution in [0.3, 0.4) is 0 Å². The van der Waals surface area contributed by atoms with Crippen LogP contribution in [0.2, 0.25) is 0 Å². The smallest absolute Gasteiger partial charge is 0.165 e. The van der Waals surface area contributed by atoms with Crippen molar-refractivity contribution in [3.8, 4) is 5.75 Å². The lowest BCUT2D eigenvalue weighted by Crippen LogP contribution is -2.48. The van der Waals surface area contributed by atoms with Gasteiger partial charge in [0.2, 0.25) is 0 Å². The van der Waals surface area contributed by atoms with E-state index >= 15 is 0 Å². The van der Waals surface area contributed by atoms with Crippen molar-refractivity contribution in [3.05, 3.63) is 29.1 Å². The summed E-state index contributed by atoms with van der Waals surface area (Å²) in [6.45, 7) is 4.19. The van der Waals surface area contributed by atoms with Crippen molar-refractivity contribution < 1.29 is 9.50 Å². The number of phenolic OH excluding ortho intramolecular Hbond substituents is 1. The second-order valence-electron chi connectivity index (χ2n) is 8.25. The summed E-state index contributed by atoms with van der Waals surface area (Å²) in [6.07, 6.45) is 7.58. The Balaban J connectivity index is 1.82. The van der Waals surface area contributed by atoms with Gasteiger partial charge in [0, 0.05) is 5.56 Å². The first-order valence-electron chi connectivity index (χ1n) is 8.50. The van der Waals surface area contributed by atoms with Crippen molar-refractivity contribution in [3.63, 3.8) is 0 Å². The number of phenols is 1. The van der Waals surface area contributed by atoms with Gasteiger partial charge in [0.1, 0.15) is 0 Å². The van der Waals surface area contributed by atoms with Crippen molar-refractivity contribution in [1.29, 1.82) is 0 Å². The predicted molar refractivity (Wildman–Crippen MR) is 82.0 cm³/mol. The molecule has 0 spiro atoms. The van der Waals surface area contributed by atoms with Gasteiger partial charge in [-0.15, -0.1) is 0 Å². The maximum atomic E-state index is 14.2. The monoisotopic (exact) mass is 288 g/mol. The summed E-state index contributed by atoms with van der Waals surface area (Å²) in [5, 5.41) is 10.4. The highest BCUT2D eigenvalue weighted by Crippen LogP contribution is 2.62. The first-order chi connectivity index (χ1) is 9.97. The quantitative estimate of drug-likeness (QED) is 0.800. The van der Waals surface area contributed by atoms with Crippen LogP contribution >= 0.6 is 0 Å². The minimum Gasteiger partial charge on any atom is -0.505 e. The first-order valence-corrected chi connectivity index (χ1v) is 8.50. The lowest BCUT2D eigenvalue weighted by Gasteiger charge is -2.57. The molecule has 0 heterocycles. The van der Waals surface area contributed by atoms with Crippen LogP contribution in [-0.4, -0.2) is 5.11 Å². The zero-order valence-corrected chi connectivity index (χ0v) is 13.0. The van der Waals surface area contributed by atoms with Gasteiger partial charge in [0.25, 0.3) is 0 Å². The third-order valence-electron chi connectivity index (χ3n) is 6.36. The molecule has 0 atom stereocenters. The SMILES string of the molecule is CC(C)c1cc(F)c(O)c(C23CC4CC(CC(C4)C2)C3)c1. The van der Waals surface area contributed by atoms with Gasteiger partial charge >= 0.3 is 0 Å². The van der Waals surface area contributed by atoms with Gasteiger partial charge in [-0.2, -0.15) is 0 Å². The molecule has 4 bridgehead atoms. The number of hydrogen-bond donors (Lipinski definition) is 1. The van der Waals surface area contributed by atoms with E-state index in [0.717, 1.165) is 48.1 Å². The van der Waals surface area contributed by atoms with Crippen LogP contribution in [0.15, 0.2) is 12.1 Å². The Labute approximate surface area is 126 Å². The van der Waals surface area contributed by atoms with Gasteiger partial charge in [-0.25, -0.2) is 4.39 Å². The Kier molecular flexibility index (Phi) is 2.90. The fourth-order valence-corrected chi connectivity index (χ4v) is 5.80. The molecule has 4 saturated carbocycles. The average molecular weight is 288 g/mol. The molecule has 4 aliphatic rings. The predicted octanol–water partition coefficient (Wildman–Crippen LogP) is 5.12. The van der Waals surface area contributed by atoms with Crippen molar-refractivity contribution in [2.75, 3.05) is 0 Å². The van der Waals surface area contributed by atoms with Crippen LogP contribution in [0.1, 0.15) is 69.4 Å². The van der Waals surface area contributed by atoms with E-state index in [1.165, 1.54) is 25.3 Å². The number of benzene rings is 1. The summed E-state index contributed by atoms with van der Waals surface area (Å²) >= 11 is 0. The number of hydrogen-bond acceptors (Lipinski definition) is 1. The van der Waals surface area contributed by atoms with E-state index in [4.69, 9.17) is 0 Å². The zero-order chi connectivity index (χ0) is 14.8. The Morgan fingerprint density at radius 1 is 1.05 bits per heavy atom. The molecule has 1 aromatic rings. The first kappa shape index (κ1) is 13.6. The molecule has 0 amide bonds. The molecular weight excluding hydrogens is 263 g/mol. The van der Waals surface area contributed by atoms with Crippen LogP contribution in [0.25, 0.3) is 0 Å². The highest BCUT2D eigenvalue weighted by Gasteiger charge is 2.52. The van der Waals surface area contributed by atoms with Crippen LogP contribution in [0.5, 0.6) is 5.75 Å². The maximum absolute atomic E-state index is 14.2. The molecule has 1 N–H and O–H groups in total. The van der Waals surface area contributed by atoms with Crippen molar-refractivity contribution >= 4 is 0 Å². The molecule has 4 fully saturated rings. The topological polar surface area (TPSA) is 20.2 Å². The Morgan fingerprint density at radius 3 is 2.05 bits per heavy atom. The van der Waals surface area contributed by atoms with Crippen LogP contribution in [0, 0.1) is 23.6 Å². The minimum absolute atomic E-state index is 0.0601. The summed E-state index contributed by atoms with van der Waals surface area (Å²) in [4.78, 5) is 0. The van der Waals surface area contributed by atoms with E-state index < -0.39 is 5.82 Å². The third-order valence-corrected chi connectivity index (χ3v) is 6.36. The standard InChI is InChI=1S/C19H25FO/c1-11(2)15-6-16(18(21)17(20)7-15)19-8-12-3-13(9-19)5-14(4-12)10-19/h6-7,11-14,21H,3-5,8-10H2,1-2H3. The van der Waals surface area contributed by atoms with Gasteiger partial charge in [0.05, 0.1) is 0 Å². The molecule has 0 unspecified atom stereocenters. The molecule has 2 heteroatoms. The minimum atomic E-state index is -0.424. The van der Waals surface area contributed by atoms with E-state index in [2.05, 4.69) is 19.9 Å². The van der Waals surface area contributed by atoms with Gasteiger partial charge in [-0.05, 0) is 79.2 Å². The van der Waals surface area contributed by atoms with Crippen molar-refractivity contribution in [2.24, 2.45) is 17.8 Å². The van der Waals surface area contributed by atoms with Crippen LogP contribution in [0.4, 0.5) is 4.39 Å². The number of rotatable bonds is 2. The van der Waals surface area contributed by atoms with Crippen LogP contribution in [-0.2, 0) is 5.41 Å². The Morgan fingerprint density at radius 2 is 1.57 bits per heavy atom. The molecule has 0 aromatic heterocycles. The molecule has 4 aliphatic carbocycles. The highest BCUT2D eigenvalue weighted by atomic mass is 19.1. The van der Waals surface area contributed by atoms with Crippen molar-refractivity contribution in [1.82, 2.24) is 0 Å². The fraction of sp³-hybridized carbons (Fsp3) is 0.684. The lowest BCUT2D eigenvalue weighted by molar-refractivity contribution is -0.00638. The summed E-state index contributed by atoms with van der Waals surface area (Å²) in [5.74, 6) is 2.23. The molecule has 21 heavy (non-hydrogen) atoms. The summed E-state index contributed by atoms with van der Waals surface area (Å²) < 4.78 is 14.2. The molecule has 0 radical (unpaired) electrons. The molecule has 0 aliphatic heterocycles. The fourth-order valence-electron chi connectivity index (χ4n) is 5.80. The van der Waals surface area contributed by atoms with E-state index in [1.807, 2.05) is 0 Å². The summed E-state index contributed by atoms with van der Waals surface area (Å²) in [7, 11) is 0. The van der Waals surface area contributed by atoms with E-state index in [1.54, 1.807) is 0 Å². The van der Waals surface area contributed by atoms with Crippen molar-refractivity contribution in [2.45, 2.75) is 63.7 Å². The second kappa shape index (κ2) is 4.47. The lowest BCUT2D eigenvalue weighted by atomic mass is 9.48. The summed E-state index contributed by atoms with van der Waals surface area (Å²) in [6, 6.07) is 3.63. The Hall–Kier alpha value is -1.05. The third kappa shape index (κ3) is 2.02. The van der Waals surface area contributed by atoms with Gasteiger partial charge < -0.3 is 5.11 Å². The second-order valence-corrected chi connectivity index (χ2v) is 8.25. The molecule has 114 valence electrons. The molecule has 1 aromatic carbocycles. The molecule has 0 saturated heterocycles. The Bertz CT molecular complexity index is 540. The van der Waals surface area contributed by atoms with Crippen LogP contribution < -0.4 is 0 Å². The van der Waals surface area contributed by atoms with E-state index in [9.17, 15) is 9.50 Å². The van der Waals surface area contributed by atoms with Gasteiger partial charge in [-0.3, -0.25) is 0 Å². The molecule has 1 nitrogen and oxygen atoms in total. The van der Waals surface area contributed by atoms with E-state index in [-0.39, 0.29) is 11.2 Å². The normalized spacial score (nSPS) is 37.4. The summed E-state index contributed by atoms with van der Waals surface area (Å²) in [5.41, 5.74) is 2.01. The highest BCUT2D eigenvalue weighted by molar-refractivity contribution is 5.45. The van der Waals surface area contributed by atoms with Gasteiger partial charge in [-0.1, -0.05) is 19.9 Å². The zero-order valence-electron chi connectivity index (χ0n) is 13.0. The maximum Gasteiger partial charge on any atom is 0.165 e. The largest absolute Gasteiger partial charge is 0.505 e.